The summed E-state index contributed by atoms with van der Waals surface area (Å²) >= 11 is 3.51. The number of hydrogen-bond acceptors (Lipinski definition) is 2. The Morgan fingerprint density at radius 1 is 1.11 bits per heavy atom. The average Bonchev–Trinajstić information content (AvgIpc) is 2.94. The molecule has 104 valence electrons. The molecular weight excluding hydrogens is 302 g/mol. The van der Waals surface area contributed by atoms with Crippen molar-refractivity contribution in [1.29, 1.82) is 0 Å². The highest BCUT2D eigenvalue weighted by atomic mass is 79.9. The van der Waals surface area contributed by atoms with E-state index in [0.29, 0.717) is 6.10 Å². The fourth-order valence-electron chi connectivity index (χ4n) is 3.26. The first-order valence-electron chi connectivity index (χ1n) is 7.41. The molecule has 0 radical (unpaired) electrons. The molecule has 2 fully saturated rings. The van der Waals surface area contributed by atoms with Gasteiger partial charge in [0.05, 0.1) is 6.10 Å². The van der Waals surface area contributed by atoms with Crippen LogP contribution in [0, 0.1) is 0 Å². The minimum atomic E-state index is 0.504. The molecule has 2 heterocycles. The molecule has 3 rings (SSSR count). The lowest BCUT2D eigenvalue weighted by molar-refractivity contribution is 0.0643. The van der Waals surface area contributed by atoms with Crippen LogP contribution in [0.15, 0.2) is 28.7 Å². The third-order valence-corrected chi connectivity index (χ3v) is 4.94. The highest BCUT2D eigenvalue weighted by Crippen LogP contribution is 2.29. The van der Waals surface area contributed by atoms with Crippen molar-refractivity contribution in [3.05, 3.63) is 34.3 Å². The summed E-state index contributed by atoms with van der Waals surface area (Å²) in [5.74, 6) is 0.744. The molecule has 3 heteroatoms. The molecule has 19 heavy (non-hydrogen) atoms. The van der Waals surface area contributed by atoms with Crippen molar-refractivity contribution in [1.82, 2.24) is 4.90 Å². The van der Waals surface area contributed by atoms with Crippen molar-refractivity contribution in [2.24, 2.45) is 0 Å². The van der Waals surface area contributed by atoms with E-state index in [9.17, 15) is 0 Å². The van der Waals surface area contributed by atoms with E-state index in [-0.39, 0.29) is 0 Å². The van der Waals surface area contributed by atoms with Gasteiger partial charge in [-0.05, 0) is 62.4 Å². The summed E-state index contributed by atoms with van der Waals surface area (Å²) in [4.78, 5) is 2.59. The second-order valence-corrected chi connectivity index (χ2v) is 6.68. The summed E-state index contributed by atoms with van der Waals surface area (Å²) in [6, 6.07) is 8.86. The van der Waals surface area contributed by atoms with E-state index in [1.165, 1.54) is 48.8 Å². The van der Waals surface area contributed by atoms with Gasteiger partial charge in [-0.25, -0.2) is 0 Å². The summed E-state index contributed by atoms with van der Waals surface area (Å²) in [5, 5.41) is 0. The van der Waals surface area contributed by atoms with E-state index in [2.05, 4.69) is 45.1 Å². The molecule has 1 aromatic carbocycles. The van der Waals surface area contributed by atoms with Crippen molar-refractivity contribution < 1.29 is 4.74 Å². The minimum absolute atomic E-state index is 0.504. The summed E-state index contributed by atoms with van der Waals surface area (Å²) < 4.78 is 6.91. The largest absolute Gasteiger partial charge is 0.377 e. The Labute approximate surface area is 124 Å². The Balaban J connectivity index is 1.50. The number of halogens is 1. The van der Waals surface area contributed by atoms with E-state index in [0.717, 1.165) is 19.1 Å². The molecular formula is C16H22BrNO. The summed E-state index contributed by atoms with van der Waals surface area (Å²) in [6.07, 6.45) is 5.58. The molecule has 2 aliphatic heterocycles. The molecule has 2 saturated heterocycles. The van der Waals surface area contributed by atoms with Crippen molar-refractivity contribution in [2.75, 3.05) is 26.2 Å². The van der Waals surface area contributed by atoms with Gasteiger partial charge in [0.2, 0.25) is 0 Å². The Hall–Kier alpha value is -0.380. The first kappa shape index (κ1) is 13.6. The lowest BCUT2D eigenvalue weighted by atomic mass is 9.89. The second kappa shape index (κ2) is 6.38. The van der Waals surface area contributed by atoms with Crippen LogP contribution in [0.4, 0.5) is 0 Å². The molecule has 0 saturated carbocycles. The predicted molar refractivity (Wildman–Crippen MR) is 81.5 cm³/mol. The zero-order valence-corrected chi connectivity index (χ0v) is 12.9. The first-order valence-corrected chi connectivity index (χ1v) is 8.20. The Bertz CT molecular complexity index is 392. The second-order valence-electron chi connectivity index (χ2n) is 5.76. The summed E-state index contributed by atoms with van der Waals surface area (Å²) in [5.41, 5.74) is 1.50. The third-order valence-electron chi connectivity index (χ3n) is 4.41. The standard InChI is InChI=1S/C16H22BrNO/c17-15-5-3-13(4-6-15)14-7-9-18(10-8-14)12-16-2-1-11-19-16/h3-6,14,16H,1-2,7-12H2. The maximum absolute atomic E-state index is 5.73. The molecule has 2 aliphatic rings. The summed E-state index contributed by atoms with van der Waals surface area (Å²) in [6.45, 7) is 4.56. The highest BCUT2D eigenvalue weighted by molar-refractivity contribution is 9.10. The molecule has 1 aromatic rings. The first-order chi connectivity index (χ1) is 9.31. The van der Waals surface area contributed by atoms with E-state index in [1.54, 1.807) is 0 Å². The van der Waals surface area contributed by atoms with Gasteiger partial charge in [-0.2, -0.15) is 0 Å². The number of likely N-dealkylation sites (tertiary alicyclic amines) is 1. The Morgan fingerprint density at radius 2 is 1.84 bits per heavy atom. The lowest BCUT2D eigenvalue weighted by Gasteiger charge is -2.33. The van der Waals surface area contributed by atoms with Crippen LogP contribution in [0.1, 0.15) is 37.2 Å². The predicted octanol–water partition coefficient (Wildman–Crippen LogP) is 3.81. The van der Waals surface area contributed by atoms with E-state index < -0.39 is 0 Å². The van der Waals surface area contributed by atoms with Crippen LogP contribution in [0.5, 0.6) is 0 Å². The Morgan fingerprint density at radius 3 is 2.47 bits per heavy atom. The fraction of sp³-hybridized carbons (Fsp3) is 0.625. The monoisotopic (exact) mass is 323 g/mol. The number of rotatable bonds is 3. The van der Waals surface area contributed by atoms with Crippen LogP contribution < -0.4 is 0 Å². The van der Waals surface area contributed by atoms with Gasteiger partial charge in [-0.3, -0.25) is 0 Å². The van der Waals surface area contributed by atoms with Gasteiger partial charge < -0.3 is 9.64 Å². The van der Waals surface area contributed by atoms with Crippen LogP contribution in [0.25, 0.3) is 0 Å². The highest BCUT2D eigenvalue weighted by Gasteiger charge is 2.24. The van der Waals surface area contributed by atoms with Gasteiger partial charge >= 0.3 is 0 Å². The quantitative estimate of drug-likeness (QED) is 0.838. The molecule has 1 unspecified atom stereocenters. The molecule has 0 bridgehead atoms. The zero-order chi connectivity index (χ0) is 13.1. The number of piperidine rings is 1. The maximum Gasteiger partial charge on any atom is 0.0702 e. The Kier molecular flexibility index (Phi) is 4.57. The molecule has 0 aliphatic carbocycles. The van der Waals surface area contributed by atoms with Crippen LogP contribution in [0.2, 0.25) is 0 Å². The number of nitrogens with zero attached hydrogens (tertiary/aromatic N) is 1. The average molecular weight is 324 g/mol. The molecule has 1 atom stereocenters. The van der Waals surface area contributed by atoms with E-state index >= 15 is 0 Å². The van der Waals surface area contributed by atoms with Gasteiger partial charge in [0.1, 0.15) is 0 Å². The van der Waals surface area contributed by atoms with Crippen LogP contribution in [-0.4, -0.2) is 37.2 Å². The van der Waals surface area contributed by atoms with Gasteiger partial charge in [0.25, 0.3) is 0 Å². The van der Waals surface area contributed by atoms with Gasteiger partial charge in [0.15, 0.2) is 0 Å². The van der Waals surface area contributed by atoms with E-state index in [4.69, 9.17) is 4.74 Å². The molecule has 0 aromatic heterocycles. The van der Waals surface area contributed by atoms with Crippen molar-refractivity contribution in [3.8, 4) is 0 Å². The summed E-state index contributed by atoms with van der Waals surface area (Å²) in [7, 11) is 0. The van der Waals surface area contributed by atoms with Crippen LogP contribution >= 0.6 is 15.9 Å². The third kappa shape index (κ3) is 3.59. The fourth-order valence-corrected chi connectivity index (χ4v) is 3.52. The number of hydrogen-bond donors (Lipinski definition) is 0. The van der Waals surface area contributed by atoms with Crippen molar-refractivity contribution in [3.63, 3.8) is 0 Å². The van der Waals surface area contributed by atoms with Crippen LogP contribution in [-0.2, 0) is 4.74 Å². The van der Waals surface area contributed by atoms with E-state index in [1.807, 2.05) is 0 Å². The SMILES string of the molecule is Brc1ccc(C2CCN(CC3CCCO3)CC2)cc1. The molecule has 0 amide bonds. The topological polar surface area (TPSA) is 12.5 Å². The maximum atomic E-state index is 5.73. The normalized spacial score (nSPS) is 25.8. The van der Waals surface area contributed by atoms with Gasteiger partial charge in [-0.1, -0.05) is 28.1 Å². The zero-order valence-electron chi connectivity index (χ0n) is 11.4. The van der Waals surface area contributed by atoms with Crippen molar-refractivity contribution >= 4 is 15.9 Å². The van der Waals surface area contributed by atoms with Gasteiger partial charge in [-0.15, -0.1) is 0 Å². The lowest BCUT2D eigenvalue weighted by Crippen LogP contribution is -2.38. The van der Waals surface area contributed by atoms with Crippen molar-refractivity contribution in [2.45, 2.75) is 37.7 Å². The minimum Gasteiger partial charge on any atom is -0.377 e. The molecule has 2 nitrogen and oxygen atoms in total. The van der Waals surface area contributed by atoms with Crippen LogP contribution in [0.3, 0.4) is 0 Å². The molecule has 0 spiro atoms. The van der Waals surface area contributed by atoms with Gasteiger partial charge in [0, 0.05) is 17.6 Å². The smallest absolute Gasteiger partial charge is 0.0702 e. The number of ether oxygens (including phenoxy) is 1. The number of benzene rings is 1. The molecule has 0 N–H and O–H groups in total.